The minimum Gasteiger partial charge on any atom is -0.299 e. The SMILES string of the molecule is C#C[C@]12CCCC=C1C1(C)CCC(=O)C(C)(C)C1CC2.[HH]. The first-order valence-corrected chi connectivity index (χ1v) is 8.09. The lowest BCUT2D eigenvalue weighted by Crippen LogP contribution is -2.54. The van der Waals surface area contributed by atoms with Crippen LogP contribution in [0.4, 0.5) is 0 Å². The molecular formula is C19H28O. The predicted octanol–water partition coefficient (Wildman–Crippen LogP) is 4.77. The monoisotopic (exact) mass is 272 g/mol. The smallest absolute Gasteiger partial charge is 0.138 e. The van der Waals surface area contributed by atoms with Crippen LogP contribution in [-0.4, -0.2) is 5.78 Å². The Kier molecular flexibility index (Phi) is 2.95. The molecule has 3 rings (SSSR count). The van der Waals surface area contributed by atoms with Crippen LogP contribution in [0.5, 0.6) is 0 Å². The maximum Gasteiger partial charge on any atom is 0.138 e. The number of allylic oxidation sites excluding steroid dienone is 2. The molecule has 0 bridgehead atoms. The summed E-state index contributed by atoms with van der Waals surface area (Å²) in [5.74, 6) is 4.07. The van der Waals surface area contributed by atoms with Gasteiger partial charge in [0.25, 0.3) is 0 Å². The fourth-order valence-corrected chi connectivity index (χ4v) is 5.49. The minimum absolute atomic E-state index is 0. The van der Waals surface area contributed by atoms with Crippen molar-refractivity contribution < 1.29 is 6.22 Å². The fraction of sp³-hybridized carbons (Fsp3) is 0.737. The van der Waals surface area contributed by atoms with Gasteiger partial charge in [0, 0.05) is 13.3 Å². The van der Waals surface area contributed by atoms with Crippen LogP contribution in [0.15, 0.2) is 11.6 Å². The van der Waals surface area contributed by atoms with Gasteiger partial charge in [-0.25, -0.2) is 0 Å². The normalized spacial score (nSPS) is 43.0. The molecule has 1 heteroatoms. The van der Waals surface area contributed by atoms with Crippen LogP contribution in [0.25, 0.3) is 0 Å². The van der Waals surface area contributed by atoms with Gasteiger partial charge >= 0.3 is 0 Å². The number of rotatable bonds is 0. The molecule has 0 amide bonds. The molecule has 0 aromatic carbocycles. The lowest BCUT2D eigenvalue weighted by atomic mass is 9.44. The van der Waals surface area contributed by atoms with Crippen LogP contribution in [0.2, 0.25) is 0 Å². The molecule has 110 valence electrons. The summed E-state index contributed by atoms with van der Waals surface area (Å²) in [6, 6.07) is 0. The maximum atomic E-state index is 12.4. The summed E-state index contributed by atoms with van der Waals surface area (Å²) in [6.45, 7) is 6.70. The van der Waals surface area contributed by atoms with Crippen molar-refractivity contribution in [2.24, 2.45) is 22.2 Å². The van der Waals surface area contributed by atoms with Gasteiger partial charge in [-0.1, -0.05) is 32.8 Å². The van der Waals surface area contributed by atoms with Crippen LogP contribution < -0.4 is 0 Å². The van der Waals surface area contributed by atoms with Crippen molar-refractivity contribution in [3.63, 3.8) is 0 Å². The van der Waals surface area contributed by atoms with Gasteiger partial charge in [-0.3, -0.25) is 4.79 Å². The summed E-state index contributed by atoms with van der Waals surface area (Å²) in [7, 11) is 0. The third-order valence-electron chi connectivity index (χ3n) is 6.65. The molecule has 0 radical (unpaired) electrons. The minimum atomic E-state index is -0.188. The lowest BCUT2D eigenvalue weighted by molar-refractivity contribution is -0.141. The summed E-state index contributed by atoms with van der Waals surface area (Å²) >= 11 is 0. The largest absolute Gasteiger partial charge is 0.299 e. The van der Waals surface area contributed by atoms with Crippen molar-refractivity contribution in [3.05, 3.63) is 11.6 Å². The number of Topliss-reactive ketones (excluding diaryl/α,β-unsaturated/α-hetero) is 1. The average molecular weight is 272 g/mol. The predicted molar refractivity (Wildman–Crippen MR) is 84.2 cm³/mol. The first-order chi connectivity index (χ1) is 9.37. The van der Waals surface area contributed by atoms with Gasteiger partial charge in [0.15, 0.2) is 0 Å². The molecule has 0 N–H and O–H groups in total. The number of carbonyl (C=O) groups is 1. The van der Waals surface area contributed by atoms with E-state index in [4.69, 9.17) is 6.42 Å². The van der Waals surface area contributed by atoms with Crippen molar-refractivity contribution >= 4 is 5.78 Å². The van der Waals surface area contributed by atoms with Crippen LogP contribution in [0.1, 0.15) is 67.1 Å². The lowest BCUT2D eigenvalue weighted by Gasteiger charge is -2.59. The van der Waals surface area contributed by atoms with Gasteiger partial charge in [-0.2, -0.15) is 0 Å². The second-order valence-corrected chi connectivity index (χ2v) is 7.89. The van der Waals surface area contributed by atoms with Crippen molar-refractivity contribution in [2.45, 2.75) is 65.7 Å². The van der Waals surface area contributed by atoms with E-state index in [1.807, 2.05) is 0 Å². The molecule has 0 heterocycles. The van der Waals surface area contributed by atoms with Gasteiger partial charge in [0.05, 0.1) is 5.41 Å². The van der Waals surface area contributed by atoms with E-state index >= 15 is 0 Å². The van der Waals surface area contributed by atoms with E-state index in [9.17, 15) is 4.79 Å². The van der Waals surface area contributed by atoms with E-state index in [1.165, 1.54) is 12.0 Å². The van der Waals surface area contributed by atoms with Crippen molar-refractivity contribution in [1.82, 2.24) is 0 Å². The third kappa shape index (κ3) is 1.60. The van der Waals surface area contributed by atoms with E-state index in [1.54, 1.807) is 0 Å². The Morgan fingerprint density at radius 3 is 2.75 bits per heavy atom. The summed E-state index contributed by atoms with van der Waals surface area (Å²) in [6.07, 6.45) is 15.8. The number of fused-ring (bicyclic) bond motifs is 3. The molecule has 3 aliphatic rings. The summed E-state index contributed by atoms with van der Waals surface area (Å²) in [5, 5.41) is 0. The summed E-state index contributed by atoms with van der Waals surface area (Å²) in [5.41, 5.74) is 1.46. The molecule has 2 saturated carbocycles. The molecule has 0 aromatic heterocycles. The zero-order valence-electron chi connectivity index (χ0n) is 13.1. The summed E-state index contributed by atoms with van der Waals surface area (Å²) < 4.78 is 0. The average Bonchev–Trinajstić information content (AvgIpc) is 2.43. The van der Waals surface area contributed by atoms with E-state index in [2.05, 4.69) is 32.8 Å². The highest BCUT2D eigenvalue weighted by atomic mass is 16.1. The van der Waals surface area contributed by atoms with Gasteiger partial charge in [-0.05, 0) is 55.4 Å². The molecule has 0 spiro atoms. The number of hydrogen-bond acceptors (Lipinski definition) is 1. The quantitative estimate of drug-likeness (QED) is 0.458. The first kappa shape index (κ1) is 13.9. The van der Waals surface area contributed by atoms with Gasteiger partial charge < -0.3 is 0 Å². The molecule has 0 aromatic rings. The maximum absolute atomic E-state index is 12.4. The number of hydrogen-bond donors (Lipinski definition) is 0. The molecule has 1 nitrogen and oxygen atoms in total. The third-order valence-corrected chi connectivity index (χ3v) is 6.65. The molecule has 2 unspecified atom stereocenters. The Balaban J connectivity index is 0.00000161. The van der Waals surface area contributed by atoms with Gasteiger partial charge in [0.2, 0.25) is 0 Å². The molecule has 2 fully saturated rings. The Bertz CT molecular complexity index is 524. The van der Waals surface area contributed by atoms with Crippen LogP contribution in [-0.2, 0) is 4.79 Å². The highest BCUT2D eigenvalue weighted by molar-refractivity contribution is 5.85. The molecule has 3 aliphatic carbocycles. The zero-order chi connectivity index (χ0) is 14.6. The topological polar surface area (TPSA) is 17.1 Å². The zero-order valence-corrected chi connectivity index (χ0v) is 13.1. The standard InChI is InChI=1S/C19H26O.H2/c1-5-19-11-7-6-8-15(19)18(4)12-10-16(20)17(2,3)14(18)9-13-19;/h1,8,14H,6-7,9-13H2,2-4H3;1H/t14?,18?,19-;/m1./s1. The molecule has 0 aliphatic heterocycles. The number of terminal acetylenes is 1. The van der Waals surface area contributed by atoms with Crippen LogP contribution in [0.3, 0.4) is 0 Å². The molecular weight excluding hydrogens is 244 g/mol. The Labute approximate surface area is 124 Å². The van der Waals surface area contributed by atoms with Gasteiger partial charge in [-0.15, -0.1) is 6.42 Å². The highest BCUT2D eigenvalue weighted by Crippen LogP contribution is 2.65. The van der Waals surface area contributed by atoms with Gasteiger partial charge in [0.1, 0.15) is 5.78 Å². The van der Waals surface area contributed by atoms with E-state index in [0.29, 0.717) is 11.7 Å². The highest BCUT2D eigenvalue weighted by Gasteiger charge is 2.58. The summed E-state index contributed by atoms with van der Waals surface area (Å²) in [4.78, 5) is 12.4. The Morgan fingerprint density at radius 2 is 2.05 bits per heavy atom. The Morgan fingerprint density at radius 1 is 1.30 bits per heavy atom. The second-order valence-electron chi connectivity index (χ2n) is 7.89. The van der Waals surface area contributed by atoms with Crippen molar-refractivity contribution in [2.75, 3.05) is 0 Å². The number of carbonyl (C=O) groups excluding carboxylic acids is 1. The Hall–Kier alpha value is -1.03. The van der Waals surface area contributed by atoms with Crippen LogP contribution in [0, 0.1) is 34.5 Å². The molecule has 20 heavy (non-hydrogen) atoms. The van der Waals surface area contributed by atoms with Crippen molar-refractivity contribution in [1.29, 1.82) is 0 Å². The first-order valence-electron chi connectivity index (χ1n) is 8.09. The van der Waals surface area contributed by atoms with E-state index < -0.39 is 0 Å². The van der Waals surface area contributed by atoms with Crippen molar-refractivity contribution in [3.8, 4) is 12.3 Å². The fourth-order valence-electron chi connectivity index (χ4n) is 5.49. The van der Waals surface area contributed by atoms with E-state index in [0.717, 1.165) is 38.5 Å². The molecule has 0 saturated heterocycles. The van der Waals surface area contributed by atoms with E-state index in [-0.39, 0.29) is 17.7 Å². The number of ketones is 1. The molecule has 3 atom stereocenters. The van der Waals surface area contributed by atoms with Crippen LogP contribution >= 0.6 is 0 Å². The second kappa shape index (κ2) is 4.23.